The number of aromatic nitrogens is 1. The number of pyridine rings is 1. The van der Waals surface area contributed by atoms with Crippen LogP contribution in [0.4, 0.5) is 0 Å². The molecule has 0 aromatic carbocycles. The van der Waals surface area contributed by atoms with E-state index >= 15 is 0 Å². The summed E-state index contributed by atoms with van der Waals surface area (Å²) in [4.78, 5) is 4.05. The van der Waals surface area contributed by atoms with Crippen LogP contribution < -0.4 is 0 Å². The van der Waals surface area contributed by atoms with Crippen molar-refractivity contribution in [3.8, 4) is 0 Å². The molecule has 1 rings (SSSR count). The second-order valence-corrected chi connectivity index (χ2v) is 3.18. The summed E-state index contributed by atoms with van der Waals surface area (Å²) in [6, 6.07) is 1.79. The van der Waals surface area contributed by atoms with Crippen molar-refractivity contribution >= 4 is 34.2 Å². The Morgan fingerprint density at radius 3 is 2.36 bits per heavy atom. The number of nitrogens with zero attached hydrogens (tertiary/aromatic N) is 1. The molecule has 1 aromatic rings. The van der Waals surface area contributed by atoms with Crippen LogP contribution in [0.3, 0.4) is 0 Å². The molecule has 3 heteroatoms. The highest BCUT2D eigenvalue weighted by Crippen LogP contribution is 2.18. The molecule has 62 valence electrons. The average molecular weight is 284 g/mol. The van der Waals surface area contributed by atoms with Crippen LogP contribution in [0.1, 0.15) is 19.5 Å². The van der Waals surface area contributed by atoms with E-state index in [9.17, 15) is 0 Å². The van der Waals surface area contributed by atoms with Crippen molar-refractivity contribution in [3.05, 3.63) is 26.5 Å². The van der Waals surface area contributed by atoms with Crippen molar-refractivity contribution < 1.29 is 0 Å². The molecule has 0 unspecified atom stereocenters. The largest absolute Gasteiger partial charge is 0.260 e. The lowest BCUT2D eigenvalue weighted by atomic mass is 10.4. The molecule has 0 radical (unpaired) electrons. The van der Waals surface area contributed by atoms with Gasteiger partial charge < -0.3 is 0 Å². The number of aryl methyl sites for hydroxylation is 1. The van der Waals surface area contributed by atoms with Gasteiger partial charge >= 0.3 is 0 Å². The van der Waals surface area contributed by atoms with Gasteiger partial charge in [0.2, 0.25) is 0 Å². The maximum atomic E-state index is 5.77. The van der Waals surface area contributed by atoms with Gasteiger partial charge in [0.05, 0.1) is 14.3 Å². The molecule has 0 atom stereocenters. The summed E-state index contributed by atoms with van der Waals surface area (Å²) in [6.07, 6.45) is 1.71. The fourth-order valence-corrected chi connectivity index (χ4v) is 1.03. The van der Waals surface area contributed by atoms with Crippen LogP contribution in [0.2, 0.25) is 5.02 Å². The van der Waals surface area contributed by atoms with Gasteiger partial charge in [-0.3, -0.25) is 4.98 Å². The van der Waals surface area contributed by atoms with E-state index in [0.717, 1.165) is 14.3 Å². The molecule has 0 bridgehead atoms. The lowest BCUT2D eigenvalue weighted by Gasteiger charge is -1.95. The standard InChI is InChI=1S/C6H5ClIN.C2H6/c1-4-6(8)5(7)2-3-9-4;1-2/h2-3H,1H3;1-2H3. The zero-order chi connectivity index (χ0) is 8.85. The summed E-state index contributed by atoms with van der Waals surface area (Å²) < 4.78 is 1.04. The minimum atomic E-state index is 0.781. The SMILES string of the molecule is CC.Cc1nccc(Cl)c1I. The van der Waals surface area contributed by atoms with Crippen molar-refractivity contribution in [3.63, 3.8) is 0 Å². The highest BCUT2D eigenvalue weighted by molar-refractivity contribution is 14.1. The van der Waals surface area contributed by atoms with Gasteiger partial charge in [-0.15, -0.1) is 0 Å². The molecule has 1 aromatic heterocycles. The number of halogens is 2. The smallest absolute Gasteiger partial charge is 0.0573 e. The second-order valence-electron chi connectivity index (χ2n) is 1.69. The molecule has 0 saturated carbocycles. The molecule has 0 saturated heterocycles. The number of hydrogen-bond donors (Lipinski definition) is 0. The first-order valence-electron chi connectivity index (χ1n) is 3.48. The highest BCUT2D eigenvalue weighted by Gasteiger charge is 1.97. The van der Waals surface area contributed by atoms with Crippen LogP contribution >= 0.6 is 34.2 Å². The quantitative estimate of drug-likeness (QED) is 0.662. The Morgan fingerprint density at radius 1 is 1.45 bits per heavy atom. The topological polar surface area (TPSA) is 12.9 Å². The zero-order valence-corrected chi connectivity index (χ0v) is 9.77. The van der Waals surface area contributed by atoms with E-state index in [1.807, 2.05) is 20.8 Å². The van der Waals surface area contributed by atoms with Crippen LogP contribution in [-0.2, 0) is 0 Å². The minimum Gasteiger partial charge on any atom is -0.260 e. The van der Waals surface area contributed by atoms with E-state index in [4.69, 9.17) is 11.6 Å². The van der Waals surface area contributed by atoms with Gasteiger partial charge in [-0.2, -0.15) is 0 Å². The second kappa shape index (κ2) is 5.77. The summed E-state index contributed by atoms with van der Waals surface area (Å²) in [5.74, 6) is 0. The molecule has 0 fully saturated rings. The van der Waals surface area contributed by atoms with Crippen molar-refractivity contribution in [2.24, 2.45) is 0 Å². The molecule has 1 heterocycles. The molecule has 1 nitrogen and oxygen atoms in total. The Kier molecular flexibility index (Phi) is 5.86. The molecule has 0 aliphatic heterocycles. The third-order valence-electron chi connectivity index (χ3n) is 1.02. The predicted molar refractivity (Wildman–Crippen MR) is 58.0 cm³/mol. The van der Waals surface area contributed by atoms with Crippen LogP contribution in [0.5, 0.6) is 0 Å². The molecular weight excluding hydrogens is 272 g/mol. The normalized spacial score (nSPS) is 8.45. The van der Waals surface area contributed by atoms with E-state index in [1.54, 1.807) is 12.3 Å². The summed E-state index contributed by atoms with van der Waals surface area (Å²) in [5.41, 5.74) is 0.989. The van der Waals surface area contributed by atoms with Crippen molar-refractivity contribution in [2.75, 3.05) is 0 Å². The molecule has 0 aliphatic carbocycles. The van der Waals surface area contributed by atoms with Gasteiger partial charge in [-0.1, -0.05) is 25.4 Å². The summed E-state index contributed by atoms with van der Waals surface area (Å²) in [6.45, 7) is 5.94. The zero-order valence-electron chi connectivity index (χ0n) is 6.86. The first-order valence-corrected chi connectivity index (χ1v) is 4.94. The molecule has 0 N–H and O–H groups in total. The Balaban J connectivity index is 0.000000461. The van der Waals surface area contributed by atoms with E-state index in [0.29, 0.717) is 0 Å². The van der Waals surface area contributed by atoms with Gasteiger partial charge in [0.25, 0.3) is 0 Å². The van der Waals surface area contributed by atoms with Gasteiger partial charge in [-0.05, 0) is 35.6 Å². The molecular formula is C8H11ClIN. The fraction of sp³-hybridized carbons (Fsp3) is 0.375. The third-order valence-corrected chi connectivity index (χ3v) is 3.01. The van der Waals surface area contributed by atoms with E-state index in [-0.39, 0.29) is 0 Å². The maximum absolute atomic E-state index is 5.77. The molecule has 0 aliphatic rings. The first kappa shape index (κ1) is 11.2. The van der Waals surface area contributed by atoms with E-state index < -0.39 is 0 Å². The monoisotopic (exact) mass is 283 g/mol. The Bertz CT molecular complexity index is 205. The van der Waals surface area contributed by atoms with Gasteiger partial charge in [0.15, 0.2) is 0 Å². The molecule has 11 heavy (non-hydrogen) atoms. The highest BCUT2D eigenvalue weighted by atomic mass is 127. The lowest BCUT2D eigenvalue weighted by Crippen LogP contribution is -1.84. The Morgan fingerprint density at radius 2 is 2.00 bits per heavy atom. The van der Waals surface area contributed by atoms with E-state index in [2.05, 4.69) is 27.6 Å². The summed E-state index contributed by atoms with van der Waals surface area (Å²) >= 11 is 7.94. The number of hydrogen-bond acceptors (Lipinski definition) is 1. The Hall–Kier alpha value is 0.170. The molecule has 0 spiro atoms. The van der Waals surface area contributed by atoms with Gasteiger partial charge in [0.1, 0.15) is 0 Å². The number of rotatable bonds is 0. The predicted octanol–water partition coefficient (Wildman–Crippen LogP) is 3.67. The lowest BCUT2D eigenvalue weighted by molar-refractivity contribution is 1.18. The fourth-order valence-electron chi connectivity index (χ4n) is 0.517. The van der Waals surface area contributed by atoms with Crippen molar-refractivity contribution in [2.45, 2.75) is 20.8 Å². The Labute approximate surface area is 86.3 Å². The third kappa shape index (κ3) is 3.38. The van der Waals surface area contributed by atoms with Crippen molar-refractivity contribution in [1.82, 2.24) is 4.98 Å². The van der Waals surface area contributed by atoms with Gasteiger partial charge in [0, 0.05) is 6.20 Å². The average Bonchev–Trinajstić information content (AvgIpc) is 2.04. The van der Waals surface area contributed by atoms with Gasteiger partial charge in [-0.25, -0.2) is 0 Å². The minimum absolute atomic E-state index is 0.781. The van der Waals surface area contributed by atoms with Crippen molar-refractivity contribution in [1.29, 1.82) is 0 Å². The van der Waals surface area contributed by atoms with Crippen LogP contribution in [-0.4, -0.2) is 4.98 Å². The van der Waals surface area contributed by atoms with Crippen LogP contribution in [0.25, 0.3) is 0 Å². The molecule has 0 amide bonds. The summed E-state index contributed by atoms with van der Waals surface area (Å²) in [5, 5.41) is 0.781. The van der Waals surface area contributed by atoms with Crippen LogP contribution in [0, 0.1) is 10.5 Å². The summed E-state index contributed by atoms with van der Waals surface area (Å²) in [7, 11) is 0. The van der Waals surface area contributed by atoms with E-state index in [1.165, 1.54) is 0 Å². The first-order chi connectivity index (χ1) is 5.22. The van der Waals surface area contributed by atoms with Crippen LogP contribution in [0.15, 0.2) is 12.3 Å². The maximum Gasteiger partial charge on any atom is 0.0573 e.